The minimum absolute atomic E-state index is 0.318. The van der Waals surface area contributed by atoms with E-state index in [4.69, 9.17) is 10.5 Å². The van der Waals surface area contributed by atoms with Crippen LogP contribution in [0.1, 0.15) is 22.8 Å². The van der Waals surface area contributed by atoms with Crippen molar-refractivity contribution in [3.05, 3.63) is 41.7 Å². The third-order valence-corrected chi connectivity index (χ3v) is 3.43. The molecule has 6 heteroatoms. The van der Waals surface area contributed by atoms with E-state index in [1.807, 2.05) is 6.92 Å². The zero-order chi connectivity index (χ0) is 14.5. The van der Waals surface area contributed by atoms with E-state index in [1.165, 1.54) is 11.8 Å². The molecule has 0 aliphatic heterocycles. The SMILES string of the molecule is CCOC(=O)c1cc(N)ccc1Sc1ncc(C)cn1. The van der Waals surface area contributed by atoms with Gasteiger partial charge < -0.3 is 10.5 Å². The van der Waals surface area contributed by atoms with Crippen LogP contribution in [0.4, 0.5) is 5.69 Å². The van der Waals surface area contributed by atoms with Crippen LogP contribution in [0, 0.1) is 6.92 Å². The monoisotopic (exact) mass is 289 g/mol. The Bertz CT molecular complexity index is 614. The van der Waals surface area contributed by atoms with Gasteiger partial charge in [0.1, 0.15) is 0 Å². The maximum Gasteiger partial charge on any atom is 0.339 e. The highest BCUT2D eigenvalue weighted by atomic mass is 32.2. The number of carbonyl (C=O) groups excluding carboxylic acids is 1. The summed E-state index contributed by atoms with van der Waals surface area (Å²) in [6.07, 6.45) is 3.47. The number of rotatable bonds is 4. The first-order valence-electron chi connectivity index (χ1n) is 6.13. The minimum atomic E-state index is -0.394. The first-order valence-corrected chi connectivity index (χ1v) is 6.95. The van der Waals surface area contributed by atoms with Gasteiger partial charge in [-0.2, -0.15) is 0 Å². The van der Waals surface area contributed by atoms with Crippen molar-refractivity contribution in [2.75, 3.05) is 12.3 Å². The minimum Gasteiger partial charge on any atom is -0.462 e. The van der Waals surface area contributed by atoms with Gasteiger partial charge in [-0.05, 0) is 49.4 Å². The molecule has 0 amide bonds. The predicted molar refractivity (Wildman–Crippen MR) is 77.7 cm³/mol. The Hall–Kier alpha value is -2.08. The molecule has 0 bridgehead atoms. The number of benzene rings is 1. The lowest BCUT2D eigenvalue weighted by atomic mass is 10.2. The fourth-order valence-electron chi connectivity index (χ4n) is 1.54. The predicted octanol–water partition coefficient (Wildman–Crippen LogP) is 2.70. The topological polar surface area (TPSA) is 78.1 Å². The fourth-order valence-corrected chi connectivity index (χ4v) is 2.33. The summed E-state index contributed by atoms with van der Waals surface area (Å²) in [5.74, 6) is -0.394. The molecule has 2 rings (SSSR count). The number of hydrogen-bond acceptors (Lipinski definition) is 6. The van der Waals surface area contributed by atoms with Gasteiger partial charge in [0.05, 0.1) is 12.2 Å². The first-order chi connectivity index (χ1) is 9.60. The Labute approximate surface area is 121 Å². The van der Waals surface area contributed by atoms with Crippen LogP contribution in [0.15, 0.2) is 40.6 Å². The number of aromatic nitrogens is 2. The molecule has 104 valence electrons. The Kier molecular flexibility index (Phi) is 4.57. The molecular formula is C14H15N3O2S. The molecule has 2 aromatic rings. The van der Waals surface area contributed by atoms with Crippen molar-refractivity contribution in [3.63, 3.8) is 0 Å². The average Bonchev–Trinajstić information content (AvgIpc) is 2.43. The van der Waals surface area contributed by atoms with E-state index in [-0.39, 0.29) is 0 Å². The van der Waals surface area contributed by atoms with Gasteiger partial charge in [-0.1, -0.05) is 0 Å². The molecule has 0 saturated carbocycles. The molecule has 1 aromatic carbocycles. The van der Waals surface area contributed by atoms with E-state index in [0.717, 1.165) is 10.5 Å². The molecular weight excluding hydrogens is 274 g/mol. The molecule has 20 heavy (non-hydrogen) atoms. The molecule has 0 aliphatic carbocycles. The van der Waals surface area contributed by atoms with Crippen LogP contribution in [0.3, 0.4) is 0 Å². The van der Waals surface area contributed by atoms with Crippen molar-refractivity contribution in [2.24, 2.45) is 0 Å². The van der Waals surface area contributed by atoms with Gasteiger partial charge in [0.25, 0.3) is 0 Å². The first kappa shape index (κ1) is 14.3. The van der Waals surface area contributed by atoms with E-state index < -0.39 is 5.97 Å². The quantitative estimate of drug-likeness (QED) is 0.529. The number of aryl methyl sites for hydroxylation is 1. The Balaban J connectivity index is 2.31. The summed E-state index contributed by atoms with van der Waals surface area (Å²) in [5, 5.41) is 0.575. The molecule has 0 atom stereocenters. The molecule has 0 aliphatic rings. The summed E-state index contributed by atoms with van der Waals surface area (Å²) in [4.78, 5) is 21.1. The van der Waals surface area contributed by atoms with Gasteiger partial charge in [0.15, 0.2) is 5.16 Å². The van der Waals surface area contributed by atoms with Crippen molar-refractivity contribution in [1.82, 2.24) is 9.97 Å². The van der Waals surface area contributed by atoms with Gasteiger partial charge >= 0.3 is 5.97 Å². The molecule has 5 nitrogen and oxygen atoms in total. The van der Waals surface area contributed by atoms with Crippen LogP contribution in [-0.2, 0) is 4.74 Å². The molecule has 2 N–H and O–H groups in total. The molecule has 1 aromatic heterocycles. The van der Waals surface area contributed by atoms with E-state index in [1.54, 1.807) is 37.5 Å². The standard InChI is InChI=1S/C14H15N3O2S/c1-3-19-13(18)11-6-10(15)4-5-12(11)20-14-16-7-9(2)8-17-14/h4-8H,3,15H2,1-2H3. The number of anilines is 1. The van der Waals surface area contributed by atoms with Crippen LogP contribution < -0.4 is 5.73 Å². The smallest absolute Gasteiger partial charge is 0.339 e. The summed E-state index contributed by atoms with van der Waals surface area (Å²) < 4.78 is 5.03. The van der Waals surface area contributed by atoms with Gasteiger partial charge in [0, 0.05) is 23.0 Å². The van der Waals surface area contributed by atoms with E-state index >= 15 is 0 Å². The van der Waals surface area contributed by atoms with Gasteiger partial charge in [-0.15, -0.1) is 0 Å². The average molecular weight is 289 g/mol. The van der Waals surface area contributed by atoms with Crippen LogP contribution in [-0.4, -0.2) is 22.5 Å². The lowest BCUT2D eigenvalue weighted by Crippen LogP contribution is -2.07. The normalized spacial score (nSPS) is 10.3. The van der Waals surface area contributed by atoms with Crippen LogP contribution >= 0.6 is 11.8 Å². The number of hydrogen-bond donors (Lipinski definition) is 1. The summed E-state index contributed by atoms with van der Waals surface area (Å²) in [7, 11) is 0. The largest absolute Gasteiger partial charge is 0.462 e. The molecule has 0 fully saturated rings. The van der Waals surface area contributed by atoms with Crippen LogP contribution in [0.5, 0.6) is 0 Å². The number of esters is 1. The van der Waals surface area contributed by atoms with Crippen LogP contribution in [0.2, 0.25) is 0 Å². The summed E-state index contributed by atoms with van der Waals surface area (Å²) in [6.45, 7) is 4.00. The Morgan fingerprint density at radius 2 is 2.05 bits per heavy atom. The highest BCUT2D eigenvalue weighted by molar-refractivity contribution is 7.99. The fraction of sp³-hybridized carbons (Fsp3) is 0.214. The van der Waals surface area contributed by atoms with Crippen LogP contribution in [0.25, 0.3) is 0 Å². The number of carbonyl (C=O) groups is 1. The third-order valence-electron chi connectivity index (χ3n) is 2.46. The van der Waals surface area contributed by atoms with Gasteiger partial charge in [-0.3, -0.25) is 0 Å². The maximum atomic E-state index is 11.9. The lowest BCUT2D eigenvalue weighted by Gasteiger charge is -2.08. The van der Waals surface area contributed by atoms with Crippen molar-refractivity contribution in [2.45, 2.75) is 23.9 Å². The second-order valence-corrected chi connectivity index (χ2v) is 5.13. The van der Waals surface area contributed by atoms with E-state index in [9.17, 15) is 4.79 Å². The molecule has 0 spiro atoms. The van der Waals surface area contributed by atoms with Crippen molar-refractivity contribution < 1.29 is 9.53 Å². The van der Waals surface area contributed by atoms with Crippen molar-refractivity contribution in [3.8, 4) is 0 Å². The number of nitrogen functional groups attached to an aromatic ring is 1. The second kappa shape index (κ2) is 6.38. The number of ether oxygens (including phenoxy) is 1. The number of nitrogens with two attached hydrogens (primary N) is 1. The number of nitrogens with zero attached hydrogens (tertiary/aromatic N) is 2. The third kappa shape index (κ3) is 3.48. The summed E-state index contributed by atoms with van der Waals surface area (Å²) in [5.41, 5.74) is 7.66. The van der Waals surface area contributed by atoms with E-state index in [0.29, 0.717) is 23.0 Å². The van der Waals surface area contributed by atoms with Gasteiger partial charge in [-0.25, -0.2) is 14.8 Å². The zero-order valence-corrected chi connectivity index (χ0v) is 12.1. The molecule has 0 saturated heterocycles. The molecule has 1 heterocycles. The highest BCUT2D eigenvalue weighted by Gasteiger charge is 2.15. The Morgan fingerprint density at radius 1 is 1.35 bits per heavy atom. The summed E-state index contributed by atoms with van der Waals surface area (Å²) >= 11 is 1.31. The Morgan fingerprint density at radius 3 is 2.70 bits per heavy atom. The summed E-state index contributed by atoms with van der Waals surface area (Å²) in [6, 6.07) is 5.11. The van der Waals surface area contributed by atoms with Crippen molar-refractivity contribution >= 4 is 23.4 Å². The maximum absolute atomic E-state index is 11.9. The second-order valence-electron chi connectivity index (χ2n) is 4.12. The van der Waals surface area contributed by atoms with E-state index in [2.05, 4.69) is 9.97 Å². The lowest BCUT2D eigenvalue weighted by molar-refractivity contribution is 0.0522. The highest BCUT2D eigenvalue weighted by Crippen LogP contribution is 2.29. The molecule has 0 unspecified atom stereocenters. The van der Waals surface area contributed by atoms with Crippen molar-refractivity contribution in [1.29, 1.82) is 0 Å². The zero-order valence-electron chi connectivity index (χ0n) is 11.3. The van der Waals surface area contributed by atoms with Gasteiger partial charge in [0.2, 0.25) is 0 Å². The molecule has 0 radical (unpaired) electrons.